The van der Waals surface area contributed by atoms with Crippen molar-refractivity contribution in [2.24, 2.45) is 5.92 Å². The highest BCUT2D eigenvalue weighted by Gasteiger charge is 2.38. The summed E-state index contributed by atoms with van der Waals surface area (Å²) in [4.78, 5) is 11.0. The normalized spacial score (nSPS) is 26.3. The Morgan fingerprint density at radius 1 is 1.38 bits per heavy atom. The van der Waals surface area contributed by atoms with Gasteiger partial charge in [0.1, 0.15) is 6.10 Å². The molecule has 2 fully saturated rings. The number of carbonyl (C=O) groups excluding carboxylic acids is 1. The van der Waals surface area contributed by atoms with Gasteiger partial charge < -0.3 is 14.8 Å². The summed E-state index contributed by atoms with van der Waals surface area (Å²) < 4.78 is 10.9. The topological polar surface area (TPSA) is 47.6 Å². The van der Waals surface area contributed by atoms with Crippen LogP contribution in [0.2, 0.25) is 0 Å². The van der Waals surface area contributed by atoms with Crippen molar-refractivity contribution >= 4 is 5.91 Å². The van der Waals surface area contributed by atoms with E-state index >= 15 is 0 Å². The van der Waals surface area contributed by atoms with Crippen molar-refractivity contribution in [3.63, 3.8) is 0 Å². The van der Waals surface area contributed by atoms with Gasteiger partial charge in [-0.1, -0.05) is 13.8 Å². The standard InChI is InChI=1S/C10H17NO3.C2H6.H2/c1-7(12)11-10(8-2-3-8)9-6-13-4-5-14-9;1-2;/h8-10H,2-6H2,1H3,(H,11,12);1-2H3;1H. The van der Waals surface area contributed by atoms with Crippen molar-refractivity contribution in [1.82, 2.24) is 5.32 Å². The third-order valence-electron chi connectivity index (χ3n) is 2.74. The first-order valence-electron chi connectivity index (χ1n) is 6.24. The van der Waals surface area contributed by atoms with Gasteiger partial charge in [0.2, 0.25) is 5.91 Å². The highest BCUT2D eigenvalue weighted by atomic mass is 16.6. The molecule has 0 aromatic carbocycles. The van der Waals surface area contributed by atoms with Gasteiger partial charge in [0.05, 0.1) is 25.9 Å². The van der Waals surface area contributed by atoms with Crippen LogP contribution in [-0.4, -0.2) is 37.9 Å². The lowest BCUT2D eigenvalue weighted by Gasteiger charge is -2.30. The SMILES string of the molecule is CC.CC(=O)NC(C1CC1)C1COCCO1.[HH]. The lowest BCUT2D eigenvalue weighted by molar-refractivity contribution is -0.127. The Morgan fingerprint density at radius 2 is 2.06 bits per heavy atom. The Morgan fingerprint density at radius 3 is 2.50 bits per heavy atom. The molecular weight excluding hydrogens is 206 g/mol. The van der Waals surface area contributed by atoms with E-state index in [0.29, 0.717) is 25.7 Å². The highest BCUT2D eigenvalue weighted by molar-refractivity contribution is 5.73. The summed E-state index contributed by atoms with van der Waals surface area (Å²) in [7, 11) is 0. The third-order valence-corrected chi connectivity index (χ3v) is 2.74. The Bertz CT molecular complexity index is 216. The predicted octanol–water partition coefficient (Wildman–Crippen LogP) is 1.59. The van der Waals surface area contributed by atoms with Gasteiger partial charge in [-0.25, -0.2) is 0 Å². The molecule has 96 valence electrons. The number of hydrogen-bond acceptors (Lipinski definition) is 3. The van der Waals surface area contributed by atoms with Gasteiger partial charge in [-0.2, -0.15) is 0 Å². The molecule has 0 aromatic heterocycles. The summed E-state index contributed by atoms with van der Waals surface area (Å²) in [5, 5.41) is 2.97. The molecule has 4 heteroatoms. The molecule has 1 aliphatic carbocycles. The van der Waals surface area contributed by atoms with Gasteiger partial charge in [0.15, 0.2) is 0 Å². The summed E-state index contributed by atoms with van der Waals surface area (Å²) >= 11 is 0. The average molecular weight is 231 g/mol. The number of rotatable bonds is 3. The van der Waals surface area contributed by atoms with Crippen molar-refractivity contribution in [3.8, 4) is 0 Å². The predicted molar refractivity (Wildman–Crippen MR) is 64.3 cm³/mol. The second-order valence-corrected chi connectivity index (χ2v) is 4.05. The molecule has 0 bridgehead atoms. The first-order valence-corrected chi connectivity index (χ1v) is 6.24. The van der Waals surface area contributed by atoms with Gasteiger partial charge in [0, 0.05) is 8.35 Å². The van der Waals surface area contributed by atoms with Crippen LogP contribution < -0.4 is 5.32 Å². The van der Waals surface area contributed by atoms with Crippen LogP contribution >= 0.6 is 0 Å². The summed E-state index contributed by atoms with van der Waals surface area (Å²) in [6.45, 7) is 7.49. The minimum absolute atomic E-state index is 0. The maximum absolute atomic E-state index is 11.0. The molecular formula is C12H25NO3. The molecule has 2 atom stereocenters. The van der Waals surface area contributed by atoms with E-state index in [9.17, 15) is 4.79 Å². The van der Waals surface area contributed by atoms with Crippen LogP contribution in [-0.2, 0) is 14.3 Å². The van der Waals surface area contributed by atoms with Crippen molar-refractivity contribution in [3.05, 3.63) is 0 Å². The number of amides is 1. The van der Waals surface area contributed by atoms with Crippen LogP contribution in [0.4, 0.5) is 0 Å². The van der Waals surface area contributed by atoms with Gasteiger partial charge in [-0.15, -0.1) is 0 Å². The molecule has 2 unspecified atom stereocenters. The van der Waals surface area contributed by atoms with Crippen molar-refractivity contribution < 1.29 is 15.7 Å². The van der Waals surface area contributed by atoms with Crippen LogP contribution in [0, 0.1) is 5.92 Å². The fraction of sp³-hybridized carbons (Fsp3) is 0.917. The van der Waals surface area contributed by atoms with Crippen molar-refractivity contribution in [2.45, 2.75) is 45.8 Å². The quantitative estimate of drug-likeness (QED) is 0.802. The van der Waals surface area contributed by atoms with Crippen LogP contribution in [0.1, 0.15) is 35.0 Å². The second-order valence-electron chi connectivity index (χ2n) is 4.05. The highest BCUT2D eigenvalue weighted by Crippen LogP contribution is 2.35. The Hall–Kier alpha value is -0.610. The first kappa shape index (κ1) is 13.5. The smallest absolute Gasteiger partial charge is 0.217 e. The minimum Gasteiger partial charge on any atom is -0.376 e. The van der Waals surface area contributed by atoms with Crippen molar-refractivity contribution in [1.29, 1.82) is 0 Å². The molecule has 1 N–H and O–H groups in total. The Kier molecular flexibility index (Phi) is 5.77. The van der Waals surface area contributed by atoms with E-state index in [1.165, 1.54) is 12.8 Å². The minimum atomic E-state index is 0. The fourth-order valence-electron chi connectivity index (χ4n) is 1.92. The maximum atomic E-state index is 11.0. The second kappa shape index (κ2) is 6.86. The number of carbonyl (C=O) groups is 1. The molecule has 1 saturated heterocycles. The van der Waals surface area contributed by atoms with E-state index in [1.807, 2.05) is 13.8 Å². The van der Waals surface area contributed by atoms with Gasteiger partial charge in [-0.05, 0) is 18.8 Å². The molecule has 0 radical (unpaired) electrons. The number of hydrogen-bond donors (Lipinski definition) is 1. The van der Waals surface area contributed by atoms with Gasteiger partial charge in [0.25, 0.3) is 0 Å². The zero-order valence-corrected chi connectivity index (χ0v) is 10.5. The molecule has 1 saturated carbocycles. The van der Waals surface area contributed by atoms with E-state index in [2.05, 4.69) is 5.32 Å². The molecule has 1 heterocycles. The maximum Gasteiger partial charge on any atom is 0.217 e. The van der Waals surface area contributed by atoms with Gasteiger partial charge in [-0.3, -0.25) is 4.79 Å². The molecule has 1 aliphatic heterocycles. The lowest BCUT2D eigenvalue weighted by Crippen LogP contribution is -2.49. The van der Waals surface area contributed by atoms with Crippen LogP contribution in [0.15, 0.2) is 0 Å². The number of nitrogens with one attached hydrogen (secondary N) is 1. The van der Waals surface area contributed by atoms with Gasteiger partial charge >= 0.3 is 0 Å². The lowest BCUT2D eigenvalue weighted by atomic mass is 10.1. The summed E-state index contributed by atoms with van der Waals surface area (Å²) in [6, 6.07) is 0.160. The molecule has 2 aliphatic rings. The van der Waals surface area contributed by atoms with E-state index in [1.54, 1.807) is 6.92 Å². The molecule has 2 rings (SSSR count). The van der Waals surface area contributed by atoms with Crippen LogP contribution in [0.25, 0.3) is 0 Å². The van der Waals surface area contributed by atoms with E-state index < -0.39 is 0 Å². The average Bonchev–Trinajstić information content (AvgIpc) is 3.14. The largest absolute Gasteiger partial charge is 0.376 e. The Balaban J connectivity index is 0.000000811. The number of ether oxygens (including phenoxy) is 2. The zero-order chi connectivity index (χ0) is 12.0. The zero-order valence-electron chi connectivity index (χ0n) is 10.5. The molecule has 1 amide bonds. The third kappa shape index (κ3) is 4.10. The summed E-state index contributed by atoms with van der Waals surface area (Å²) in [5.41, 5.74) is 0. The fourth-order valence-corrected chi connectivity index (χ4v) is 1.92. The molecule has 4 nitrogen and oxygen atoms in total. The first-order chi connectivity index (χ1) is 7.77. The Labute approximate surface area is 99.2 Å². The van der Waals surface area contributed by atoms with E-state index in [4.69, 9.17) is 9.47 Å². The van der Waals surface area contributed by atoms with Crippen LogP contribution in [0.5, 0.6) is 0 Å². The molecule has 0 aromatic rings. The monoisotopic (exact) mass is 231 g/mol. The van der Waals surface area contributed by atoms with E-state index in [-0.39, 0.29) is 19.5 Å². The summed E-state index contributed by atoms with van der Waals surface area (Å²) in [5.74, 6) is 0.627. The summed E-state index contributed by atoms with van der Waals surface area (Å²) in [6.07, 6.45) is 2.45. The van der Waals surface area contributed by atoms with E-state index in [0.717, 1.165) is 0 Å². The van der Waals surface area contributed by atoms with Crippen molar-refractivity contribution in [2.75, 3.05) is 19.8 Å². The molecule has 16 heavy (non-hydrogen) atoms. The van der Waals surface area contributed by atoms with Crippen LogP contribution in [0.3, 0.4) is 0 Å². The molecule has 0 spiro atoms.